The summed E-state index contributed by atoms with van der Waals surface area (Å²) in [5.41, 5.74) is 3.94. The monoisotopic (exact) mass is 442 g/mol. The average molecular weight is 444 g/mol. The van der Waals surface area contributed by atoms with Crippen molar-refractivity contribution >= 4 is 53.7 Å². The molecule has 0 saturated carbocycles. The topological polar surface area (TPSA) is 6.48 Å². The largest absolute Gasteiger partial charge is 0.304 e. The van der Waals surface area contributed by atoms with Crippen molar-refractivity contribution in [2.45, 2.75) is 16.2 Å². The van der Waals surface area contributed by atoms with Gasteiger partial charge in [-0.25, -0.2) is 0 Å². The summed E-state index contributed by atoms with van der Waals surface area (Å²) in [5.74, 6) is 0. The summed E-state index contributed by atoms with van der Waals surface area (Å²) >= 11 is 8.13. The number of fused-ring (bicyclic) bond motifs is 2. The van der Waals surface area contributed by atoms with E-state index in [9.17, 15) is 0 Å². The Hall–Kier alpha value is -0.680. The molecule has 0 aliphatic carbocycles. The van der Waals surface area contributed by atoms with E-state index in [0.29, 0.717) is 0 Å². The lowest BCUT2D eigenvalue weighted by molar-refractivity contribution is 0.156. The lowest BCUT2D eigenvalue weighted by Crippen LogP contribution is -2.44. The van der Waals surface area contributed by atoms with Gasteiger partial charge in [0, 0.05) is 47.5 Å². The first kappa shape index (κ1) is 22.6. The van der Waals surface area contributed by atoms with Crippen molar-refractivity contribution in [2.75, 3.05) is 39.8 Å². The zero-order valence-corrected chi connectivity index (χ0v) is 18.6. The Morgan fingerprint density at radius 3 is 2.44 bits per heavy atom. The fourth-order valence-electron chi connectivity index (χ4n) is 3.53. The third-order valence-corrected chi connectivity index (χ3v) is 6.41. The molecule has 0 spiro atoms. The van der Waals surface area contributed by atoms with E-state index in [1.165, 1.54) is 52.7 Å². The molecular weight excluding hydrogens is 419 g/mol. The number of hydrogen-bond acceptors (Lipinski definition) is 3. The van der Waals surface area contributed by atoms with E-state index in [-0.39, 0.29) is 24.8 Å². The van der Waals surface area contributed by atoms with Crippen LogP contribution in [0.2, 0.25) is 5.02 Å². The molecule has 0 radical (unpaired) electrons. The SMILES string of the molecule is CN1CCN(CC/C=C2\c3ccccc3Sc3ccc(Cl)cc32)CC1.Cl.Cl. The molecule has 2 aliphatic heterocycles. The fraction of sp³-hybridized carbons (Fsp3) is 0.333. The molecule has 27 heavy (non-hydrogen) atoms. The van der Waals surface area contributed by atoms with Crippen LogP contribution >= 0.6 is 48.2 Å². The number of rotatable bonds is 3. The van der Waals surface area contributed by atoms with Crippen LogP contribution in [-0.4, -0.2) is 49.6 Å². The Labute approximate surface area is 183 Å². The zero-order valence-electron chi connectivity index (χ0n) is 15.4. The molecule has 6 heteroatoms. The predicted molar refractivity (Wildman–Crippen MR) is 122 cm³/mol. The Balaban J connectivity index is 0.00000131. The molecule has 0 atom stereocenters. The zero-order chi connectivity index (χ0) is 17.2. The molecule has 4 rings (SSSR count). The molecule has 1 saturated heterocycles. The van der Waals surface area contributed by atoms with Gasteiger partial charge in [0.05, 0.1) is 0 Å². The van der Waals surface area contributed by atoms with Crippen LogP contribution in [0.25, 0.3) is 5.57 Å². The molecule has 0 unspecified atom stereocenters. The van der Waals surface area contributed by atoms with E-state index in [0.717, 1.165) is 18.0 Å². The third-order valence-electron chi connectivity index (χ3n) is 5.02. The Morgan fingerprint density at radius 2 is 1.67 bits per heavy atom. The van der Waals surface area contributed by atoms with Crippen molar-refractivity contribution in [3.05, 3.63) is 64.7 Å². The van der Waals surface area contributed by atoms with Gasteiger partial charge in [-0.3, -0.25) is 0 Å². The minimum atomic E-state index is 0. The highest BCUT2D eigenvalue weighted by Gasteiger charge is 2.21. The van der Waals surface area contributed by atoms with Crippen LogP contribution in [0.3, 0.4) is 0 Å². The predicted octanol–water partition coefficient (Wildman–Crippen LogP) is 5.72. The van der Waals surface area contributed by atoms with Gasteiger partial charge < -0.3 is 9.80 Å². The van der Waals surface area contributed by atoms with Crippen molar-refractivity contribution in [1.29, 1.82) is 0 Å². The lowest BCUT2D eigenvalue weighted by atomic mass is 9.96. The Bertz CT molecular complexity index is 802. The maximum atomic E-state index is 6.29. The van der Waals surface area contributed by atoms with Gasteiger partial charge in [-0.2, -0.15) is 0 Å². The maximum absolute atomic E-state index is 6.29. The highest BCUT2D eigenvalue weighted by Crippen LogP contribution is 2.46. The van der Waals surface area contributed by atoms with Gasteiger partial charge in [-0.15, -0.1) is 24.8 Å². The lowest BCUT2D eigenvalue weighted by Gasteiger charge is -2.32. The van der Waals surface area contributed by atoms with Crippen LogP contribution in [0.15, 0.2) is 58.3 Å². The Morgan fingerprint density at radius 1 is 0.963 bits per heavy atom. The molecule has 1 fully saturated rings. The summed E-state index contributed by atoms with van der Waals surface area (Å²) in [5, 5.41) is 0.809. The summed E-state index contributed by atoms with van der Waals surface area (Å²) < 4.78 is 0. The van der Waals surface area contributed by atoms with Crippen LogP contribution in [0.4, 0.5) is 0 Å². The quantitative estimate of drug-likeness (QED) is 0.511. The van der Waals surface area contributed by atoms with Gasteiger partial charge in [0.1, 0.15) is 0 Å². The number of benzene rings is 2. The van der Waals surface area contributed by atoms with Gasteiger partial charge in [-0.05, 0) is 54.4 Å². The number of halogens is 3. The summed E-state index contributed by atoms with van der Waals surface area (Å²) in [6, 6.07) is 14.9. The number of nitrogens with zero attached hydrogens (tertiary/aromatic N) is 2. The van der Waals surface area contributed by atoms with Crippen molar-refractivity contribution in [3.63, 3.8) is 0 Å². The van der Waals surface area contributed by atoms with Gasteiger partial charge >= 0.3 is 0 Å². The van der Waals surface area contributed by atoms with Crippen LogP contribution < -0.4 is 0 Å². The second kappa shape index (κ2) is 10.2. The molecule has 0 aromatic heterocycles. The molecule has 2 heterocycles. The molecule has 2 nitrogen and oxygen atoms in total. The van der Waals surface area contributed by atoms with Crippen LogP contribution in [0.1, 0.15) is 17.5 Å². The highest BCUT2D eigenvalue weighted by atomic mass is 35.5. The molecule has 0 amide bonds. The molecule has 2 aromatic rings. The van der Waals surface area contributed by atoms with E-state index >= 15 is 0 Å². The highest BCUT2D eigenvalue weighted by molar-refractivity contribution is 7.99. The molecule has 146 valence electrons. The average Bonchev–Trinajstić information content (AvgIpc) is 2.63. The normalized spacial score (nSPS) is 18.2. The summed E-state index contributed by atoms with van der Waals surface area (Å²) in [7, 11) is 2.20. The van der Waals surface area contributed by atoms with Gasteiger partial charge in [0.15, 0.2) is 0 Å². The second-order valence-electron chi connectivity index (χ2n) is 6.79. The number of piperazine rings is 1. The van der Waals surface area contributed by atoms with Gasteiger partial charge in [-0.1, -0.05) is 47.6 Å². The smallest absolute Gasteiger partial charge is 0.0412 e. The number of likely N-dealkylation sites (N-methyl/N-ethyl adjacent to an activating group) is 1. The third kappa shape index (κ3) is 5.23. The molecule has 2 aromatic carbocycles. The molecule has 2 aliphatic rings. The fourth-order valence-corrected chi connectivity index (χ4v) is 4.78. The summed E-state index contributed by atoms with van der Waals surface area (Å²) in [4.78, 5) is 7.61. The summed E-state index contributed by atoms with van der Waals surface area (Å²) in [6.07, 6.45) is 3.48. The summed E-state index contributed by atoms with van der Waals surface area (Å²) in [6.45, 7) is 5.83. The van der Waals surface area contributed by atoms with Crippen LogP contribution in [0, 0.1) is 0 Å². The Kier molecular flexibility index (Phi) is 8.54. The van der Waals surface area contributed by atoms with Crippen molar-refractivity contribution in [3.8, 4) is 0 Å². The van der Waals surface area contributed by atoms with E-state index < -0.39 is 0 Å². The van der Waals surface area contributed by atoms with Crippen molar-refractivity contribution < 1.29 is 0 Å². The molecule has 0 bridgehead atoms. The van der Waals surface area contributed by atoms with Gasteiger partial charge in [0.25, 0.3) is 0 Å². The molecule has 0 N–H and O–H groups in total. The first-order valence-corrected chi connectivity index (χ1v) is 10.1. The minimum absolute atomic E-state index is 0. The van der Waals surface area contributed by atoms with Crippen LogP contribution in [-0.2, 0) is 0 Å². The van der Waals surface area contributed by atoms with E-state index in [1.807, 2.05) is 17.8 Å². The van der Waals surface area contributed by atoms with Crippen molar-refractivity contribution in [2.24, 2.45) is 0 Å². The standard InChI is InChI=1S/C21H23ClN2S.2ClH/c1-23-11-13-24(14-12-23)10-4-6-17-18-5-2-3-7-20(18)25-21-9-8-16(22)15-19(17)21;;/h2-3,5-9,15H,4,10-14H2,1H3;2*1H/b17-6+;;. The molecular formula is C21H25Cl3N2S. The number of hydrogen-bond donors (Lipinski definition) is 0. The van der Waals surface area contributed by atoms with Crippen molar-refractivity contribution in [1.82, 2.24) is 9.80 Å². The minimum Gasteiger partial charge on any atom is -0.304 e. The van der Waals surface area contributed by atoms with Crippen LogP contribution in [0.5, 0.6) is 0 Å². The maximum Gasteiger partial charge on any atom is 0.0412 e. The van der Waals surface area contributed by atoms with E-state index in [1.54, 1.807) is 0 Å². The van der Waals surface area contributed by atoms with Gasteiger partial charge in [0.2, 0.25) is 0 Å². The first-order chi connectivity index (χ1) is 12.2. The van der Waals surface area contributed by atoms with E-state index in [2.05, 4.69) is 59.3 Å². The first-order valence-electron chi connectivity index (χ1n) is 8.89. The van der Waals surface area contributed by atoms with E-state index in [4.69, 9.17) is 11.6 Å². The second-order valence-corrected chi connectivity index (χ2v) is 8.31.